The third-order valence-electron chi connectivity index (χ3n) is 5.73. The average Bonchev–Trinajstić information content (AvgIpc) is 3.37. The molecule has 170 valence electrons. The molecule has 0 unspecified atom stereocenters. The predicted molar refractivity (Wildman–Crippen MR) is 134 cm³/mol. The number of aliphatic hydroxyl groups excluding tert-OH is 1. The second-order valence-electron chi connectivity index (χ2n) is 7.92. The molecule has 1 aromatic heterocycles. The van der Waals surface area contributed by atoms with Gasteiger partial charge in [-0.15, -0.1) is 0 Å². The summed E-state index contributed by atoms with van der Waals surface area (Å²) >= 11 is 7.32. The molecule has 1 fully saturated rings. The zero-order valence-corrected chi connectivity index (χ0v) is 19.9. The number of fused-ring (bicyclic) bond motifs is 1. The number of amides is 1. The highest BCUT2D eigenvalue weighted by atomic mass is 35.5. The van der Waals surface area contributed by atoms with E-state index in [4.69, 9.17) is 16.3 Å². The Morgan fingerprint density at radius 2 is 1.76 bits per heavy atom. The first-order valence-electron chi connectivity index (χ1n) is 10.5. The lowest BCUT2D eigenvalue weighted by Gasteiger charge is -2.23. The van der Waals surface area contributed by atoms with Gasteiger partial charge in [0, 0.05) is 10.6 Å². The molecule has 8 heteroatoms. The van der Waals surface area contributed by atoms with Crippen LogP contribution in [0, 0.1) is 6.92 Å². The maximum absolute atomic E-state index is 13.3. The summed E-state index contributed by atoms with van der Waals surface area (Å²) in [7, 11) is 1.56. The molecule has 0 bridgehead atoms. The van der Waals surface area contributed by atoms with Crippen molar-refractivity contribution >= 4 is 55.7 Å². The van der Waals surface area contributed by atoms with Crippen molar-refractivity contribution in [2.45, 2.75) is 13.0 Å². The highest BCUT2D eigenvalue weighted by Crippen LogP contribution is 2.44. The number of aromatic nitrogens is 1. The second kappa shape index (κ2) is 8.59. The first-order valence-corrected chi connectivity index (χ1v) is 11.6. The molecule has 34 heavy (non-hydrogen) atoms. The van der Waals surface area contributed by atoms with Crippen LogP contribution >= 0.6 is 22.9 Å². The Morgan fingerprint density at radius 3 is 2.44 bits per heavy atom. The van der Waals surface area contributed by atoms with Gasteiger partial charge in [-0.1, -0.05) is 41.1 Å². The molecule has 1 aliphatic heterocycles. The molecule has 1 aliphatic rings. The number of thiazole rings is 1. The van der Waals surface area contributed by atoms with E-state index in [1.165, 1.54) is 16.2 Å². The summed E-state index contributed by atoms with van der Waals surface area (Å²) < 4.78 is 6.17. The summed E-state index contributed by atoms with van der Waals surface area (Å²) in [5.41, 5.74) is 2.83. The van der Waals surface area contributed by atoms with Gasteiger partial charge < -0.3 is 9.84 Å². The first kappa shape index (κ1) is 22.1. The molecule has 1 saturated heterocycles. The monoisotopic (exact) mass is 490 g/mol. The summed E-state index contributed by atoms with van der Waals surface area (Å²) in [6, 6.07) is 18.5. The normalized spacial score (nSPS) is 17.5. The Hall–Kier alpha value is -3.68. The highest BCUT2D eigenvalue weighted by molar-refractivity contribution is 7.22. The number of nitrogens with zero attached hydrogens (tertiary/aromatic N) is 2. The molecule has 2 heterocycles. The minimum atomic E-state index is -0.858. The summed E-state index contributed by atoms with van der Waals surface area (Å²) in [5, 5.41) is 12.0. The van der Waals surface area contributed by atoms with E-state index >= 15 is 0 Å². The number of halogens is 1. The van der Waals surface area contributed by atoms with Crippen LogP contribution in [0.4, 0.5) is 5.13 Å². The van der Waals surface area contributed by atoms with Gasteiger partial charge in [0.15, 0.2) is 5.13 Å². The maximum atomic E-state index is 13.3. The molecule has 1 atom stereocenters. The Balaban J connectivity index is 1.72. The summed E-state index contributed by atoms with van der Waals surface area (Å²) in [6.07, 6.45) is 0. The van der Waals surface area contributed by atoms with Gasteiger partial charge in [0.05, 0.1) is 28.9 Å². The van der Waals surface area contributed by atoms with Gasteiger partial charge in [-0.05, 0) is 66.6 Å². The quantitative estimate of drug-likeness (QED) is 0.219. The highest BCUT2D eigenvalue weighted by Gasteiger charge is 2.48. The second-order valence-corrected chi connectivity index (χ2v) is 9.36. The number of carbonyl (C=O) groups excluding carboxylic acids is 2. The predicted octanol–water partition coefficient (Wildman–Crippen LogP) is 5.89. The Labute approximate surface area is 204 Å². The fourth-order valence-electron chi connectivity index (χ4n) is 4.02. The Bertz CT molecular complexity index is 1460. The molecule has 5 rings (SSSR count). The van der Waals surface area contributed by atoms with E-state index in [-0.39, 0.29) is 11.3 Å². The molecule has 6 nitrogen and oxygen atoms in total. The summed E-state index contributed by atoms with van der Waals surface area (Å²) in [5.74, 6) is -1.15. The zero-order valence-electron chi connectivity index (χ0n) is 18.3. The van der Waals surface area contributed by atoms with Gasteiger partial charge in [0.1, 0.15) is 11.5 Å². The van der Waals surface area contributed by atoms with Gasteiger partial charge in [-0.2, -0.15) is 0 Å². The number of benzene rings is 3. The molecule has 4 aromatic rings. The standard InChI is InChI=1S/C26H19ClN2O4S/c1-14-3-12-19-20(13-14)34-26(28-19)29-22(15-6-10-18(33-2)11-7-15)21(24(31)25(29)32)23(30)16-4-8-17(27)9-5-16/h3-13,22,30H,1-2H3/t22-/m0/s1. The number of ketones is 1. The fraction of sp³-hybridized carbons (Fsp3) is 0.115. The van der Waals surface area contributed by atoms with E-state index in [1.54, 1.807) is 55.6 Å². The fourth-order valence-corrected chi connectivity index (χ4v) is 5.23. The number of rotatable bonds is 4. The van der Waals surface area contributed by atoms with Crippen molar-refractivity contribution in [3.63, 3.8) is 0 Å². The molecular formula is C26H19ClN2O4S. The van der Waals surface area contributed by atoms with E-state index < -0.39 is 17.7 Å². The molecule has 1 amide bonds. The first-order chi connectivity index (χ1) is 16.4. The molecule has 3 aromatic carbocycles. The number of Topliss-reactive ketones (excluding diaryl/α,β-unsaturated/α-hetero) is 1. The van der Waals surface area contributed by atoms with Crippen LogP contribution in [0.2, 0.25) is 5.02 Å². The van der Waals surface area contributed by atoms with Crippen molar-refractivity contribution < 1.29 is 19.4 Å². The Morgan fingerprint density at radius 1 is 1.06 bits per heavy atom. The van der Waals surface area contributed by atoms with Crippen molar-refractivity contribution in [2.75, 3.05) is 12.0 Å². The maximum Gasteiger partial charge on any atom is 0.301 e. The minimum Gasteiger partial charge on any atom is -0.507 e. The van der Waals surface area contributed by atoms with Crippen LogP contribution in [0.15, 0.2) is 72.3 Å². The van der Waals surface area contributed by atoms with E-state index in [2.05, 4.69) is 4.98 Å². The lowest BCUT2D eigenvalue weighted by molar-refractivity contribution is -0.132. The summed E-state index contributed by atoms with van der Waals surface area (Å²) in [6.45, 7) is 1.98. The van der Waals surface area contributed by atoms with Crippen LogP contribution in [0.25, 0.3) is 16.0 Å². The van der Waals surface area contributed by atoms with Crippen LogP contribution in [0.1, 0.15) is 22.7 Å². The van der Waals surface area contributed by atoms with Gasteiger partial charge in [-0.25, -0.2) is 4.98 Å². The van der Waals surface area contributed by atoms with Crippen LogP contribution < -0.4 is 9.64 Å². The molecule has 1 N–H and O–H groups in total. The number of hydrogen-bond acceptors (Lipinski definition) is 6. The molecular weight excluding hydrogens is 472 g/mol. The number of aryl methyl sites for hydroxylation is 1. The van der Waals surface area contributed by atoms with Crippen LogP contribution in [-0.4, -0.2) is 28.9 Å². The summed E-state index contributed by atoms with van der Waals surface area (Å²) in [4.78, 5) is 32.6. The van der Waals surface area contributed by atoms with Crippen molar-refractivity contribution in [3.8, 4) is 5.75 Å². The van der Waals surface area contributed by atoms with Crippen LogP contribution in [0.5, 0.6) is 5.75 Å². The zero-order chi connectivity index (χ0) is 24.0. The number of methoxy groups -OCH3 is 1. The third-order valence-corrected chi connectivity index (χ3v) is 7.00. The number of ether oxygens (including phenoxy) is 1. The van der Waals surface area contributed by atoms with Gasteiger partial charge in [0.25, 0.3) is 5.78 Å². The molecule has 0 aliphatic carbocycles. The number of anilines is 1. The smallest absolute Gasteiger partial charge is 0.301 e. The van der Waals surface area contributed by atoms with E-state index in [0.29, 0.717) is 27.0 Å². The molecule has 0 spiro atoms. The van der Waals surface area contributed by atoms with Gasteiger partial charge in [0.2, 0.25) is 0 Å². The number of carbonyl (C=O) groups is 2. The largest absolute Gasteiger partial charge is 0.507 e. The van der Waals surface area contributed by atoms with E-state index in [9.17, 15) is 14.7 Å². The van der Waals surface area contributed by atoms with Gasteiger partial charge in [-0.3, -0.25) is 14.5 Å². The average molecular weight is 491 g/mol. The minimum absolute atomic E-state index is 0.00655. The van der Waals surface area contributed by atoms with Crippen molar-refractivity contribution in [2.24, 2.45) is 0 Å². The topological polar surface area (TPSA) is 79.7 Å². The van der Waals surface area contributed by atoms with Gasteiger partial charge >= 0.3 is 5.91 Å². The Kier molecular flexibility index (Phi) is 5.59. The third kappa shape index (κ3) is 3.73. The molecule has 0 saturated carbocycles. The van der Waals surface area contributed by atoms with Crippen LogP contribution in [-0.2, 0) is 9.59 Å². The molecule has 0 radical (unpaired) electrons. The SMILES string of the molecule is COc1ccc([C@H]2C(=C(O)c3ccc(Cl)cc3)C(=O)C(=O)N2c2nc3ccc(C)cc3s2)cc1. The van der Waals surface area contributed by atoms with E-state index in [0.717, 1.165) is 15.8 Å². The van der Waals surface area contributed by atoms with Crippen molar-refractivity contribution in [3.05, 3.63) is 94.0 Å². The lowest BCUT2D eigenvalue weighted by Crippen LogP contribution is -2.29. The van der Waals surface area contributed by atoms with Crippen molar-refractivity contribution in [1.82, 2.24) is 4.98 Å². The van der Waals surface area contributed by atoms with Crippen LogP contribution in [0.3, 0.4) is 0 Å². The lowest BCUT2D eigenvalue weighted by atomic mass is 9.95. The van der Waals surface area contributed by atoms with Crippen molar-refractivity contribution in [1.29, 1.82) is 0 Å². The number of aliphatic hydroxyl groups is 1. The van der Waals surface area contributed by atoms with E-state index in [1.807, 2.05) is 25.1 Å². The number of hydrogen-bond donors (Lipinski definition) is 1.